The van der Waals surface area contributed by atoms with Gasteiger partial charge in [0.1, 0.15) is 0 Å². The van der Waals surface area contributed by atoms with Crippen molar-refractivity contribution in [1.29, 1.82) is 0 Å². The standard InChI is InChI=1S/C43H33N3S/c1-42(2)33-22-14-13-21-31(33)35-29-19-11-12-20-30(29)36-32-25-28(23-24-34(32)47-38(36)37(35)43(42,3)4)41-45-39(26-15-7-5-8-16-26)44-40(46-41)27-17-9-6-10-18-27/h5-25H,1-4H3. The predicted molar refractivity (Wildman–Crippen MR) is 198 cm³/mol. The van der Waals surface area contributed by atoms with Crippen molar-refractivity contribution in [2.45, 2.75) is 38.5 Å². The van der Waals surface area contributed by atoms with Crippen LogP contribution in [0.2, 0.25) is 0 Å². The molecule has 4 heteroatoms. The molecule has 2 heterocycles. The van der Waals surface area contributed by atoms with Gasteiger partial charge >= 0.3 is 0 Å². The maximum Gasteiger partial charge on any atom is 0.164 e. The Labute approximate surface area is 278 Å². The lowest BCUT2D eigenvalue weighted by Crippen LogP contribution is -2.43. The van der Waals surface area contributed by atoms with Gasteiger partial charge in [0.2, 0.25) is 0 Å². The number of aromatic nitrogens is 3. The number of rotatable bonds is 3. The molecular weight excluding hydrogens is 591 g/mol. The molecule has 1 aliphatic carbocycles. The molecule has 47 heavy (non-hydrogen) atoms. The van der Waals surface area contributed by atoms with Crippen molar-refractivity contribution in [2.24, 2.45) is 0 Å². The van der Waals surface area contributed by atoms with Gasteiger partial charge in [-0.1, -0.05) is 137 Å². The Kier molecular flexibility index (Phi) is 6.06. The van der Waals surface area contributed by atoms with E-state index in [1.807, 2.05) is 47.7 Å². The van der Waals surface area contributed by atoms with Gasteiger partial charge in [-0.15, -0.1) is 11.3 Å². The third-order valence-electron chi connectivity index (χ3n) is 10.6. The Bertz CT molecular complexity index is 2450. The SMILES string of the molecule is CC1(C)c2ccccc2-c2c(c3sc4ccc(-c5nc(-c6ccccc6)nc(-c6ccccc6)n5)cc4c3c3ccccc23)C1(C)C. The number of hydrogen-bond acceptors (Lipinski definition) is 4. The van der Waals surface area contributed by atoms with Gasteiger partial charge in [-0.2, -0.15) is 0 Å². The molecule has 3 nitrogen and oxygen atoms in total. The van der Waals surface area contributed by atoms with Crippen LogP contribution in [0.1, 0.15) is 38.8 Å². The minimum absolute atomic E-state index is 0.0557. The Morgan fingerprint density at radius 1 is 0.489 bits per heavy atom. The molecule has 0 bridgehead atoms. The van der Waals surface area contributed by atoms with Crippen LogP contribution in [0, 0.1) is 0 Å². The van der Waals surface area contributed by atoms with E-state index < -0.39 is 0 Å². The van der Waals surface area contributed by atoms with Crippen molar-refractivity contribution < 1.29 is 0 Å². The van der Waals surface area contributed by atoms with Crippen LogP contribution < -0.4 is 0 Å². The third-order valence-corrected chi connectivity index (χ3v) is 11.8. The van der Waals surface area contributed by atoms with Crippen LogP contribution in [-0.4, -0.2) is 15.0 Å². The molecule has 0 amide bonds. The highest BCUT2D eigenvalue weighted by atomic mass is 32.1. The fourth-order valence-corrected chi connectivity index (χ4v) is 8.96. The average molecular weight is 624 g/mol. The largest absolute Gasteiger partial charge is 0.208 e. The second-order valence-corrected chi connectivity index (χ2v) is 14.7. The number of thiophene rings is 1. The van der Waals surface area contributed by atoms with Gasteiger partial charge in [0, 0.05) is 42.3 Å². The molecule has 0 spiro atoms. The zero-order valence-corrected chi connectivity index (χ0v) is 27.7. The number of nitrogens with zero attached hydrogens (tertiary/aromatic N) is 3. The molecule has 0 saturated heterocycles. The Hall–Kier alpha value is -5.19. The van der Waals surface area contributed by atoms with Crippen LogP contribution >= 0.6 is 11.3 Å². The van der Waals surface area contributed by atoms with Gasteiger partial charge in [0.25, 0.3) is 0 Å². The van der Waals surface area contributed by atoms with Crippen LogP contribution in [0.5, 0.6) is 0 Å². The zero-order valence-electron chi connectivity index (χ0n) is 26.9. The highest BCUT2D eigenvalue weighted by Gasteiger charge is 2.47. The van der Waals surface area contributed by atoms with Gasteiger partial charge in [0.15, 0.2) is 17.5 Å². The average Bonchev–Trinajstić information content (AvgIpc) is 3.50. The quantitative estimate of drug-likeness (QED) is 0.197. The normalized spacial score (nSPS) is 14.7. The number of fused-ring (bicyclic) bond motifs is 10. The summed E-state index contributed by atoms with van der Waals surface area (Å²) >= 11 is 1.92. The first-order valence-corrected chi connectivity index (χ1v) is 17.0. The summed E-state index contributed by atoms with van der Waals surface area (Å²) in [4.78, 5) is 15.0. The molecule has 1 aliphatic rings. The van der Waals surface area contributed by atoms with Crippen LogP contribution in [-0.2, 0) is 10.8 Å². The van der Waals surface area contributed by atoms with Crippen molar-refractivity contribution in [3.05, 3.63) is 139 Å². The summed E-state index contributed by atoms with van der Waals surface area (Å²) in [5.41, 5.74) is 8.38. The van der Waals surface area contributed by atoms with E-state index in [2.05, 4.69) is 119 Å². The fourth-order valence-electron chi connectivity index (χ4n) is 7.56. The second kappa shape index (κ2) is 10.2. The van der Waals surface area contributed by atoms with Gasteiger partial charge in [-0.3, -0.25) is 0 Å². The summed E-state index contributed by atoms with van der Waals surface area (Å²) in [5, 5.41) is 5.18. The summed E-state index contributed by atoms with van der Waals surface area (Å²) in [6.07, 6.45) is 0. The van der Waals surface area contributed by atoms with Crippen LogP contribution in [0.15, 0.2) is 127 Å². The third kappa shape index (κ3) is 4.08. The van der Waals surface area contributed by atoms with Gasteiger partial charge in [0.05, 0.1) is 0 Å². The van der Waals surface area contributed by atoms with Crippen LogP contribution in [0.25, 0.3) is 76.2 Å². The van der Waals surface area contributed by atoms with Crippen molar-refractivity contribution in [3.8, 4) is 45.3 Å². The molecule has 8 aromatic rings. The Balaban J connectivity index is 1.35. The molecule has 6 aromatic carbocycles. The van der Waals surface area contributed by atoms with Crippen LogP contribution in [0.3, 0.4) is 0 Å². The topological polar surface area (TPSA) is 38.7 Å². The lowest BCUT2D eigenvalue weighted by atomic mass is 9.55. The van der Waals surface area contributed by atoms with Crippen LogP contribution in [0.4, 0.5) is 0 Å². The molecular formula is C43H33N3S. The van der Waals surface area contributed by atoms with E-state index in [9.17, 15) is 0 Å². The predicted octanol–water partition coefficient (Wildman–Crippen LogP) is 11.6. The minimum atomic E-state index is -0.105. The van der Waals surface area contributed by atoms with Crippen molar-refractivity contribution in [2.75, 3.05) is 0 Å². The van der Waals surface area contributed by atoms with E-state index in [1.165, 1.54) is 53.2 Å². The molecule has 0 atom stereocenters. The van der Waals surface area contributed by atoms with E-state index in [1.54, 1.807) is 0 Å². The van der Waals surface area contributed by atoms with E-state index in [0.717, 1.165) is 16.7 Å². The molecule has 9 rings (SSSR count). The van der Waals surface area contributed by atoms with Gasteiger partial charge in [-0.25, -0.2) is 15.0 Å². The molecule has 226 valence electrons. The number of hydrogen-bond donors (Lipinski definition) is 0. The molecule has 0 saturated carbocycles. The molecule has 2 aromatic heterocycles. The van der Waals surface area contributed by atoms with Gasteiger partial charge in [-0.05, 0) is 56.6 Å². The first kappa shape index (κ1) is 28.1. The molecule has 0 fully saturated rings. The fraction of sp³-hybridized carbons (Fsp3) is 0.140. The smallest absolute Gasteiger partial charge is 0.164 e. The Morgan fingerprint density at radius 3 is 1.70 bits per heavy atom. The summed E-state index contributed by atoms with van der Waals surface area (Å²) in [6, 6.07) is 45.1. The molecule has 0 radical (unpaired) electrons. The maximum atomic E-state index is 5.05. The first-order chi connectivity index (χ1) is 22.8. The summed E-state index contributed by atoms with van der Waals surface area (Å²) in [7, 11) is 0. The zero-order chi connectivity index (χ0) is 31.9. The lowest BCUT2D eigenvalue weighted by Gasteiger charge is -2.48. The summed E-state index contributed by atoms with van der Waals surface area (Å²) in [5.74, 6) is 2.02. The van der Waals surface area contributed by atoms with E-state index in [-0.39, 0.29) is 10.8 Å². The minimum Gasteiger partial charge on any atom is -0.208 e. The van der Waals surface area contributed by atoms with Crippen molar-refractivity contribution in [1.82, 2.24) is 15.0 Å². The van der Waals surface area contributed by atoms with E-state index in [4.69, 9.17) is 15.0 Å². The molecule has 0 aliphatic heterocycles. The van der Waals surface area contributed by atoms with Gasteiger partial charge < -0.3 is 0 Å². The molecule has 0 unspecified atom stereocenters. The number of benzene rings is 6. The van der Waals surface area contributed by atoms with E-state index in [0.29, 0.717) is 17.5 Å². The van der Waals surface area contributed by atoms with Crippen molar-refractivity contribution >= 4 is 42.3 Å². The highest BCUT2D eigenvalue weighted by molar-refractivity contribution is 7.26. The summed E-state index contributed by atoms with van der Waals surface area (Å²) in [6.45, 7) is 9.70. The lowest BCUT2D eigenvalue weighted by molar-refractivity contribution is 0.302. The van der Waals surface area contributed by atoms with E-state index >= 15 is 0 Å². The molecule has 0 N–H and O–H groups in total. The van der Waals surface area contributed by atoms with Crippen molar-refractivity contribution in [3.63, 3.8) is 0 Å². The maximum absolute atomic E-state index is 5.05. The second-order valence-electron chi connectivity index (χ2n) is 13.6. The first-order valence-electron chi connectivity index (χ1n) is 16.2. The Morgan fingerprint density at radius 2 is 1.04 bits per heavy atom. The highest BCUT2D eigenvalue weighted by Crippen LogP contribution is 2.59. The monoisotopic (exact) mass is 623 g/mol. The summed E-state index contributed by atoms with van der Waals surface area (Å²) < 4.78 is 2.65.